The first kappa shape index (κ1) is 17.8. The second-order valence-corrected chi connectivity index (χ2v) is 7.19. The van der Waals surface area contributed by atoms with Crippen molar-refractivity contribution in [3.63, 3.8) is 0 Å². The molecule has 0 saturated carbocycles. The predicted octanol–water partition coefficient (Wildman–Crippen LogP) is 2.79. The summed E-state index contributed by atoms with van der Waals surface area (Å²) in [5.74, 6) is -0.463. The van der Waals surface area contributed by atoms with Crippen molar-refractivity contribution in [3.05, 3.63) is 44.9 Å². The molecule has 1 aliphatic heterocycles. The van der Waals surface area contributed by atoms with Gasteiger partial charge in [-0.1, -0.05) is 11.6 Å². The van der Waals surface area contributed by atoms with Gasteiger partial charge in [0, 0.05) is 29.9 Å². The molecule has 2 amide bonds. The summed E-state index contributed by atoms with van der Waals surface area (Å²) < 4.78 is 0. The Morgan fingerprint density at radius 2 is 2.08 bits per heavy atom. The first-order valence-corrected chi connectivity index (χ1v) is 9.39. The van der Waals surface area contributed by atoms with Gasteiger partial charge in [-0.3, -0.25) is 9.59 Å². The monoisotopic (exact) mass is 378 g/mol. The summed E-state index contributed by atoms with van der Waals surface area (Å²) in [6.07, 6.45) is 2.63. The molecule has 6 nitrogen and oxygen atoms in total. The number of amides is 2. The van der Waals surface area contributed by atoms with Crippen LogP contribution in [0.2, 0.25) is 5.02 Å². The number of rotatable bonds is 5. The summed E-state index contributed by atoms with van der Waals surface area (Å²) in [7, 11) is 0. The maximum atomic E-state index is 12.7. The number of aromatic nitrogens is 1. The second kappa shape index (κ2) is 7.95. The van der Waals surface area contributed by atoms with Crippen LogP contribution in [-0.2, 0) is 6.42 Å². The van der Waals surface area contributed by atoms with Crippen LogP contribution >= 0.6 is 22.9 Å². The molecule has 0 unspecified atom stereocenters. The molecule has 0 radical (unpaired) electrons. The zero-order chi connectivity index (χ0) is 17.8. The van der Waals surface area contributed by atoms with Crippen molar-refractivity contribution < 1.29 is 9.59 Å². The van der Waals surface area contributed by atoms with E-state index >= 15 is 0 Å². The maximum Gasteiger partial charge on any atom is 0.275 e. The molecule has 25 heavy (non-hydrogen) atoms. The molecule has 0 bridgehead atoms. The molecule has 8 heteroatoms. The van der Waals surface area contributed by atoms with Gasteiger partial charge in [0.05, 0.1) is 16.3 Å². The fraction of sp³-hybridized carbons (Fsp3) is 0.353. The summed E-state index contributed by atoms with van der Waals surface area (Å²) in [6, 6.07) is 4.90. The molecule has 0 atom stereocenters. The average molecular weight is 379 g/mol. The largest absolute Gasteiger partial charge is 0.339 e. The van der Waals surface area contributed by atoms with Crippen molar-refractivity contribution in [2.24, 2.45) is 5.73 Å². The van der Waals surface area contributed by atoms with Crippen LogP contribution in [0.5, 0.6) is 0 Å². The molecule has 3 N–H and O–H groups in total. The molecule has 3 rings (SSSR count). The summed E-state index contributed by atoms with van der Waals surface area (Å²) in [5, 5.41) is 5.75. The van der Waals surface area contributed by atoms with Gasteiger partial charge in [-0.2, -0.15) is 0 Å². The molecule has 2 aromatic rings. The lowest BCUT2D eigenvalue weighted by molar-refractivity contribution is 0.0794. The number of nitrogens with two attached hydrogens (primary N) is 1. The van der Waals surface area contributed by atoms with E-state index in [1.165, 1.54) is 11.3 Å². The highest BCUT2D eigenvalue weighted by Gasteiger charge is 2.23. The number of hydrogen-bond donors (Lipinski definition) is 2. The zero-order valence-corrected chi connectivity index (χ0v) is 15.2. The molecule has 132 valence electrons. The van der Waals surface area contributed by atoms with Crippen molar-refractivity contribution in [1.82, 2.24) is 9.88 Å². The van der Waals surface area contributed by atoms with Gasteiger partial charge >= 0.3 is 0 Å². The van der Waals surface area contributed by atoms with E-state index in [9.17, 15) is 9.59 Å². The van der Waals surface area contributed by atoms with E-state index in [1.54, 1.807) is 28.5 Å². The van der Waals surface area contributed by atoms with Gasteiger partial charge in [0.2, 0.25) is 0 Å². The van der Waals surface area contributed by atoms with Crippen LogP contribution in [0.4, 0.5) is 5.69 Å². The minimum atomic E-state index is -0.350. The third-order valence-electron chi connectivity index (χ3n) is 4.00. The van der Waals surface area contributed by atoms with Crippen LogP contribution in [0.3, 0.4) is 0 Å². The number of benzene rings is 1. The first-order chi connectivity index (χ1) is 12.1. The summed E-state index contributed by atoms with van der Waals surface area (Å²) in [6.45, 7) is 1.95. The molecule has 0 spiro atoms. The minimum absolute atomic E-state index is 0.114. The highest BCUT2D eigenvalue weighted by atomic mass is 35.5. The van der Waals surface area contributed by atoms with Crippen LogP contribution in [-0.4, -0.2) is 41.3 Å². The predicted molar refractivity (Wildman–Crippen MR) is 99.4 cm³/mol. The zero-order valence-electron chi connectivity index (χ0n) is 13.6. The molecule has 1 aliphatic rings. The molecule has 1 fully saturated rings. The Bertz CT molecular complexity index is 787. The van der Waals surface area contributed by atoms with Gasteiger partial charge in [-0.25, -0.2) is 4.98 Å². The Kier molecular flexibility index (Phi) is 5.67. The van der Waals surface area contributed by atoms with Crippen LogP contribution in [0.15, 0.2) is 23.6 Å². The SMILES string of the molecule is NCCc1nc(C(=O)Nc2ccc(Cl)cc2C(=O)N2CCCC2)cs1. The van der Waals surface area contributed by atoms with E-state index in [4.69, 9.17) is 17.3 Å². The summed E-state index contributed by atoms with van der Waals surface area (Å²) in [4.78, 5) is 31.2. The molecular weight excluding hydrogens is 360 g/mol. The minimum Gasteiger partial charge on any atom is -0.339 e. The van der Waals surface area contributed by atoms with Gasteiger partial charge in [0.25, 0.3) is 11.8 Å². The van der Waals surface area contributed by atoms with Crippen molar-refractivity contribution in [3.8, 4) is 0 Å². The molecule has 1 aromatic heterocycles. The van der Waals surface area contributed by atoms with E-state index < -0.39 is 0 Å². The van der Waals surface area contributed by atoms with E-state index in [-0.39, 0.29) is 11.8 Å². The number of halogens is 1. The Hall–Kier alpha value is -1.96. The fourth-order valence-electron chi connectivity index (χ4n) is 2.73. The summed E-state index contributed by atoms with van der Waals surface area (Å²) >= 11 is 7.45. The van der Waals surface area contributed by atoms with E-state index in [2.05, 4.69) is 10.3 Å². The maximum absolute atomic E-state index is 12.7. The topological polar surface area (TPSA) is 88.3 Å². The number of carbonyl (C=O) groups excluding carboxylic acids is 2. The van der Waals surface area contributed by atoms with Crippen molar-refractivity contribution in [2.45, 2.75) is 19.3 Å². The molecule has 1 aromatic carbocycles. The number of thiazole rings is 1. The Balaban J connectivity index is 1.81. The number of hydrogen-bond acceptors (Lipinski definition) is 5. The number of nitrogens with zero attached hydrogens (tertiary/aromatic N) is 2. The highest BCUT2D eigenvalue weighted by molar-refractivity contribution is 7.09. The van der Waals surface area contributed by atoms with Crippen LogP contribution in [0.1, 0.15) is 38.7 Å². The van der Waals surface area contributed by atoms with E-state index in [0.717, 1.165) is 30.9 Å². The molecule has 2 heterocycles. The van der Waals surface area contributed by atoms with Gasteiger partial charge in [-0.05, 0) is 37.6 Å². The summed E-state index contributed by atoms with van der Waals surface area (Å²) in [5.41, 5.74) is 6.68. The lowest BCUT2D eigenvalue weighted by atomic mass is 10.1. The van der Waals surface area contributed by atoms with Gasteiger partial charge in [0.15, 0.2) is 0 Å². The number of likely N-dealkylation sites (tertiary alicyclic amines) is 1. The Labute approximate surface area is 155 Å². The van der Waals surface area contributed by atoms with Crippen LogP contribution in [0, 0.1) is 0 Å². The van der Waals surface area contributed by atoms with Crippen molar-refractivity contribution in [1.29, 1.82) is 0 Å². The first-order valence-electron chi connectivity index (χ1n) is 8.13. The normalized spacial score (nSPS) is 13.9. The van der Waals surface area contributed by atoms with E-state index in [1.807, 2.05) is 0 Å². The van der Waals surface area contributed by atoms with Gasteiger partial charge in [-0.15, -0.1) is 11.3 Å². The van der Waals surface area contributed by atoms with Crippen molar-refractivity contribution >= 4 is 40.4 Å². The number of anilines is 1. The lowest BCUT2D eigenvalue weighted by Gasteiger charge is -2.18. The van der Waals surface area contributed by atoms with Crippen LogP contribution < -0.4 is 11.1 Å². The Morgan fingerprint density at radius 1 is 1.32 bits per heavy atom. The average Bonchev–Trinajstić information content (AvgIpc) is 3.28. The highest BCUT2D eigenvalue weighted by Crippen LogP contribution is 2.25. The molecular formula is C17H19ClN4O2S. The molecule has 0 aliphatic carbocycles. The van der Waals surface area contributed by atoms with Gasteiger partial charge < -0.3 is 16.0 Å². The third-order valence-corrected chi connectivity index (χ3v) is 5.14. The standard InChI is InChI=1S/C17H19ClN4O2S/c18-11-3-4-13(12(9-11)17(24)22-7-1-2-8-22)21-16(23)14-10-25-15(20-14)5-6-19/h3-4,9-10H,1-2,5-8,19H2,(H,21,23). The quantitative estimate of drug-likeness (QED) is 0.837. The third kappa shape index (κ3) is 4.18. The number of carbonyl (C=O) groups is 2. The van der Waals surface area contributed by atoms with Gasteiger partial charge in [0.1, 0.15) is 5.69 Å². The fourth-order valence-corrected chi connectivity index (χ4v) is 3.70. The number of nitrogens with one attached hydrogen (secondary N) is 1. The smallest absolute Gasteiger partial charge is 0.275 e. The Morgan fingerprint density at radius 3 is 2.80 bits per heavy atom. The van der Waals surface area contributed by atoms with Crippen molar-refractivity contribution in [2.75, 3.05) is 25.0 Å². The second-order valence-electron chi connectivity index (χ2n) is 5.81. The van der Waals surface area contributed by atoms with E-state index in [0.29, 0.717) is 34.9 Å². The van der Waals surface area contributed by atoms with Crippen LogP contribution in [0.25, 0.3) is 0 Å². The lowest BCUT2D eigenvalue weighted by Crippen LogP contribution is -2.29. The molecule has 1 saturated heterocycles.